The van der Waals surface area contributed by atoms with Gasteiger partial charge in [0.2, 0.25) is 0 Å². The Morgan fingerprint density at radius 2 is 1.97 bits per heavy atom. The molecule has 29 heavy (non-hydrogen) atoms. The lowest BCUT2D eigenvalue weighted by molar-refractivity contribution is 0.117. The SMILES string of the molecule is C=C(OC)N(C)c1cccc(CNc2cccc(ONC=C3CCOCC3)c2)c1. The summed E-state index contributed by atoms with van der Waals surface area (Å²) < 4.78 is 10.6. The fourth-order valence-corrected chi connectivity index (χ4v) is 2.99. The van der Waals surface area contributed by atoms with E-state index in [0.29, 0.717) is 12.4 Å². The third kappa shape index (κ3) is 6.19. The number of hydrogen-bond donors (Lipinski definition) is 2. The van der Waals surface area contributed by atoms with Crippen LogP contribution in [0.2, 0.25) is 0 Å². The molecule has 0 radical (unpaired) electrons. The second kappa shape index (κ2) is 10.4. The van der Waals surface area contributed by atoms with Gasteiger partial charge in [0.1, 0.15) is 0 Å². The van der Waals surface area contributed by atoms with Crippen molar-refractivity contribution >= 4 is 11.4 Å². The molecule has 1 saturated heterocycles. The Labute approximate surface area is 172 Å². The van der Waals surface area contributed by atoms with E-state index in [1.165, 1.54) is 5.57 Å². The zero-order valence-electron chi connectivity index (χ0n) is 17.1. The van der Waals surface area contributed by atoms with Gasteiger partial charge in [0.15, 0.2) is 11.6 Å². The van der Waals surface area contributed by atoms with Crippen LogP contribution in [0.5, 0.6) is 5.75 Å². The van der Waals surface area contributed by atoms with Crippen molar-refractivity contribution in [2.45, 2.75) is 19.4 Å². The molecule has 6 nitrogen and oxygen atoms in total. The summed E-state index contributed by atoms with van der Waals surface area (Å²) in [6.07, 6.45) is 3.83. The van der Waals surface area contributed by atoms with Gasteiger partial charge in [-0.1, -0.05) is 18.2 Å². The van der Waals surface area contributed by atoms with Gasteiger partial charge < -0.3 is 24.5 Å². The Morgan fingerprint density at radius 3 is 2.76 bits per heavy atom. The van der Waals surface area contributed by atoms with Gasteiger partial charge in [0, 0.05) is 37.2 Å². The summed E-state index contributed by atoms with van der Waals surface area (Å²) in [6.45, 7) is 6.15. The van der Waals surface area contributed by atoms with Crippen molar-refractivity contribution in [2.24, 2.45) is 0 Å². The van der Waals surface area contributed by atoms with Crippen LogP contribution in [0.15, 0.2) is 72.8 Å². The van der Waals surface area contributed by atoms with Crippen molar-refractivity contribution in [2.75, 3.05) is 37.6 Å². The van der Waals surface area contributed by atoms with Crippen LogP contribution < -0.4 is 20.5 Å². The predicted octanol–water partition coefficient (Wildman–Crippen LogP) is 4.43. The Bertz CT molecular complexity index is 843. The lowest BCUT2D eigenvalue weighted by atomic mass is 10.1. The summed E-state index contributed by atoms with van der Waals surface area (Å²) in [4.78, 5) is 7.57. The molecule has 0 aromatic heterocycles. The zero-order valence-corrected chi connectivity index (χ0v) is 17.1. The molecular formula is C23H29N3O3. The molecule has 0 unspecified atom stereocenters. The molecule has 0 aliphatic carbocycles. The van der Waals surface area contributed by atoms with Crippen molar-refractivity contribution < 1.29 is 14.3 Å². The van der Waals surface area contributed by atoms with E-state index in [4.69, 9.17) is 14.3 Å². The molecule has 1 heterocycles. The van der Waals surface area contributed by atoms with E-state index in [2.05, 4.69) is 29.5 Å². The lowest BCUT2D eigenvalue weighted by Gasteiger charge is -2.21. The first kappa shape index (κ1) is 20.6. The number of nitrogens with one attached hydrogen (secondary N) is 2. The van der Waals surface area contributed by atoms with Crippen LogP contribution in [0.25, 0.3) is 0 Å². The number of nitrogens with zero attached hydrogens (tertiary/aromatic N) is 1. The van der Waals surface area contributed by atoms with E-state index < -0.39 is 0 Å². The molecule has 3 rings (SSSR count). The molecule has 0 amide bonds. The quantitative estimate of drug-likeness (QED) is 0.484. The van der Waals surface area contributed by atoms with E-state index in [9.17, 15) is 0 Å². The van der Waals surface area contributed by atoms with Gasteiger partial charge in [-0.3, -0.25) is 0 Å². The van der Waals surface area contributed by atoms with E-state index in [1.807, 2.05) is 54.5 Å². The van der Waals surface area contributed by atoms with Gasteiger partial charge in [0.05, 0.1) is 20.3 Å². The van der Waals surface area contributed by atoms with Gasteiger partial charge in [-0.15, -0.1) is 0 Å². The number of hydroxylamine groups is 1. The van der Waals surface area contributed by atoms with Gasteiger partial charge >= 0.3 is 0 Å². The molecule has 2 aromatic carbocycles. The summed E-state index contributed by atoms with van der Waals surface area (Å²) in [5, 5.41) is 3.44. The summed E-state index contributed by atoms with van der Waals surface area (Å²) in [7, 11) is 3.55. The Morgan fingerprint density at radius 1 is 1.17 bits per heavy atom. The summed E-state index contributed by atoms with van der Waals surface area (Å²) in [5.74, 6) is 1.35. The summed E-state index contributed by atoms with van der Waals surface area (Å²) in [6, 6.07) is 16.1. The fourth-order valence-electron chi connectivity index (χ4n) is 2.99. The van der Waals surface area contributed by atoms with Gasteiger partial charge in [0.25, 0.3) is 0 Å². The maximum absolute atomic E-state index is 5.65. The highest BCUT2D eigenvalue weighted by molar-refractivity contribution is 5.53. The molecule has 2 aromatic rings. The summed E-state index contributed by atoms with van der Waals surface area (Å²) >= 11 is 0. The van der Waals surface area contributed by atoms with Crippen LogP contribution in [-0.4, -0.2) is 27.4 Å². The average molecular weight is 396 g/mol. The minimum Gasteiger partial charge on any atom is -0.483 e. The molecule has 0 bridgehead atoms. The molecule has 0 spiro atoms. The van der Waals surface area contributed by atoms with E-state index in [0.717, 1.165) is 48.7 Å². The third-order valence-corrected chi connectivity index (χ3v) is 4.81. The topological polar surface area (TPSA) is 55.0 Å². The molecular weight excluding hydrogens is 366 g/mol. The number of rotatable bonds is 9. The van der Waals surface area contributed by atoms with Crippen molar-refractivity contribution in [1.82, 2.24) is 5.48 Å². The maximum atomic E-state index is 5.65. The molecule has 154 valence electrons. The number of anilines is 2. The molecule has 0 atom stereocenters. The minimum absolute atomic E-state index is 0.600. The lowest BCUT2D eigenvalue weighted by Crippen LogP contribution is -2.17. The highest BCUT2D eigenvalue weighted by Crippen LogP contribution is 2.21. The maximum Gasteiger partial charge on any atom is 0.185 e. The number of methoxy groups -OCH3 is 1. The molecule has 2 N–H and O–H groups in total. The van der Waals surface area contributed by atoms with Crippen molar-refractivity contribution in [3.63, 3.8) is 0 Å². The molecule has 1 aliphatic rings. The first-order valence-corrected chi connectivity index (χ1v) is 9.73. The monoisotopic (exact) mass is 395 g/mol. The second-order valence-corrected chi connectivity index (χ2v) is 6.84. The standard InChI is InChI=1S/C23H29N3O3/c1-18(27-3)26(2)22-8-4-6-20(14-22)16-24-21-7-5-9-23(15-21)29-25-17-19-10-12-28-13-11-19/h4-9,14-15,17,24-25H,1,10-13,16H2,2-3H3. The molecule has 1 aliphatic heterocycles. The van der Waals surface area contributed by atoms with Crippen LogP contribution in [0.4, 0.5) is 11.4 Å². The van der Waals surface area contributed by atoms with Crippen LogP contribution >= 0.6 is 0 Å². The predicted molar refractivity (Wildman–Crippen MR) is 117 cm³/mol. The van der Waals surface area contributed by atoms with E-state index in [-0.39, 0.29) is 0 Å². The van der Waals surface area contributed by atoms with Crippen molar-refractivity contribution in [3.05, 3.63) is 78.3 Å². The Hall–Kier alpha value is -3.12. The Balaban J connectivity index is 1.54. The van der Waals surface area contributed by atoms with Gasteiger partial charge in [-0.05, 0) is 54.8 Å². The van der Waals surface area contributed by atoms with Gasteiger partial charge in [-0.25, -0.2) is 5.48 Å². The number of ether oxygens (including phenoxy) is 2. The molecule has 0 saturated carbocycles. The number of benzene rings is 2. The second-order valence-electron chi connectivity index (χ2n) is 6.84. The zero-order chi connectivity index (χ0) is 20.5. The van der Waals surface area contributed by atoms with Crippen LogP contribution in [0, 0.1) is 0 Å². The summed E-state index contributed by atoms with van der Waals surface area (Å²) in [5.41, 5.74) is 7.42. The molecule has 6 heteroatoms. The average Bonchev–Trinajstić information content (AvgIpc) is 2.78. The van der Waals surface area contributed by atoms with Crippen LogP contribution in [0.1, 0.15) is 18.4 Å². The van der Waals surface area contributed by atoms with Crippen molar-refractivity contribution in [1.29, 1.82) is 0 Å². The van der Waals surface area contributed by atoms with Gasteiger partial charge in [-0.2, -0.15) is 0 Å². The van der Waals surface area contributed by atoms with Crippen LogP contribution in [-0.2, 0) is 16.0 Å². The first-order chi connectivity index (χ1) is 14.2. The first-order valence-electron chi connectivity index (χ1n) is 9.73. The smallest absolute Gasteiger partial charge is 0.185 e. The normalized spacial score (nSPS) is 13.4. The number of hydrogen-bond acceptors (Lipinski definition) is 6. The van der Waals surface area contributed by atoms with Crippen LogP contribution in [0.3, 0.4) is 0 Å². The Kier molecular flexibility index (Phi) is 7.41. The fraction of sp³-hybridized carbons (Fsp3) is 0.304. The highest BCUT2D eigenvalue weighted by atomic mass is 16.6. The highest BCUT2D eigenvalue weighted by Gasteiger charge is 2.06. The van der Waals surface area contributed by atoms with E-state index in [1.54, 1.807) is 7.11 Å². The largest absolute Gasteiger partial charge is 0.483 e. The van der Waals surface area contributed by atoms with E-state index >= 15 is 0 Å². The minimum atomic E-state index is 0.600. The molecule has 1 fully saturated rings. The third-order valence-electron chi connectivity index (χ3n) is 4.81. The van der Waals surface area contributed by atoms with Crippen molar-refractivity contribution in [3.8, 4) is 5.75 Å².